The molecule has 0 bridgehead atoms. The molecule has 224 valence electrons. The van der Waals surface area contributed by atoms with E-state index in [0.717, 1.165) is 12.0 Å². The minimum atomic E-state index is -3.84. The number of aliphatic hydroxyl groups excluding tert-OH is 1. The van der Waals surface area contributed by atoms with E-state index in [4.69, 9.17) is 0 Å². The molecule has 0 aliphatic rings. The number of benzene rings is 1. The zero-order valence-electron chi connectivity index (χ0n) is 25.1. The molecule has 0 spiro atoms. The number of carbonyl (C=O) groups excluding carboxylic acids is 2. The summed E-state index contributed by atoms with van der Waals surface area (Å²) in [5, 5.41) is 14.4. The highest BCUT2D eigenvalue weighted by Gasteiger charge is 2.40. The molecule has 0 unspecified atom stereocenters. The number of aliphatic hydroxyl groups is 1. The number of nitrogens with one attached hydrogen (secondary N) is 2. The molecule has 1 aromatic rings. The van der Waals surface area contributed by atoms with Gasteiger partial charge >= 0.3 is 0 Å². The average molecular weight is 570 g/mol. The summed E-state index contributed by atoms with van der Waals surface area (Å²) in [6.45, 7) is 9.82. The molecule has 11 heteroatoms. The molecule has 3 atom stereocenters. The van der Waals surface area contributed by atoms with Crippen molar-refractivity contribution in [3.05, 3.63) is 35.9 Å². The van der Waals surface area contributed by atoms with Crippen molar-refractivity contribution in [1.82, 2.24) is 24.1 Å². The minimum Gasteiger partial charge on any atom is -0.390 e. The van der Waals surface area contributed by atoms with Crippen molar-refractivity contribution in [2.24, 2.45) is 5.92 Å². The Labute approximate surface area is 236 Å². The van der Waals surface area contributed by atoms with Gasteiger partial charge in [0.2, 0.25) is 11.8 Å². The van der Waals surface area contributed by atoms with Crippen LogP contribution in [-0.4, -0.2) is 104 Å². The Balaban J connectivity index is 3.33. The number of hydrogen-bond donors (Lipinski definition) is 3. The first-order valence-electron chi connectivity index (χ1n) is 13.9. The molecule has 0 aliphatic carbocycles. The maximum atomic E-state index is 13.8. The number of amides is 2. The molecular weight excluding hydrogens is 518 g/mol. The van der Waals surface area contributed by atoms with Crippen molar-refractivity contribution in [3.8, 4) is 0 Å². The standard InChI is InChI=1S/C28H51N5O5S/c1-9-11-17-29-39(37,38)33(19-22(3)4)20-25(34)24(18-23-15-13-12-14-16-23)32(8)27(36)28(5,10-2)30-26(35)21-31(6)7/h12-16,22,24-25,29,34H,9-11,17-21H2,1-8H3,(H,30,35)/t24-,25+,28-/m0/s1. The van der Waals surface area contributed by atoms with Gasteiger partial charge in [-0.3, -0.25) is 9.59 Å². The molecule has 0 aromatic heterocycles. The van der Waals surface area contributed by atoms with Crippen molar-refractivity contribution >= 4 is 22.0 Å². The first-order valence-corrected chi connectivity index (χ1v) is 15.3. The second kappa shape index (κ2) is 16.3. The highest BCUT2D eigenvalue weighted by atomic mass is 32.2. The van der Waals surface area contributed by atoms with Crippen LogP contribution in [0, 0.1) is 5.92 Å². The van der Waals surface area contributed by atoms with Crippen LogP contribution in [0.1, 0.15) is 59.4 Å². The maximum absolute atomic E-state index is 13.8. The van der Waals surface area contributed by atoms with Gasteiger partial charge in [-0.25, -0.2) is 4.72 Å². The van der Waals surface area contributed by atoms with Gasteiger partial charge < -0.3 is 20.2 Å². The van der Waals surface area contributed by atoms with Crippen LogP contribution in [0.25, 0.3) is 0 Å². The van der Waals surface area contributed by atoms with Crippen molar-refractivity contribution in [3.63, 3.8) is 0 Å². The Hall–Kier alpha value is -2.05. The van der Waals surface area contributed by atoms with Crippen LogP contribution < -0.4 is 10.0 Å². The normalized spacial score (nSPS) is 15.3. The Morgan fingerprint density at radius 3 is 2.18 bits per heavy atom. The van der Waals surface area contributed by atoms with E-state index in [-0.39, 0.29) is 37.4 Å². The van der Waals surface area contributed by atoms with E-state index >= 15 is 0 Å². The molecule has 0 saturated heterocycles. The number of likely N-dealkylation sites (N-methyl/N-ethyl adjacent to an activating group) is 2. The van der Waals surface area contributed by atoms with Crippen LogP contribution in [0.5, 0.6) is 0 Å². The summed E-state index contributed by atoms with van der Waals surface area (Å²) in [5.74, 6) is -0.600. The molecule has 3 N–H and O–H groups in total. The van der Waals surface area contributed by atoms with E-state index in [1.54, 1.807) is 33.0 Å². The third-order valence-electron chi connectivity index (χ3n) is 6.72. The Morgan fingerprint density at radius 2 is 1.67 bits per heavy atom. The fourth-order valence-corrected chi connectivity index (χ4v) is 5.76. The number of hydrogen-bond acceptors (Lipinski definition) is 6. The second-order valence-corrected chi connectivity index (χ2v) is 12.9. The third kappa shape index (κ3) is 11.5. The highest BCUT2D eigenvalue weighted by Crippen LogP contribution is 2.20. The van der Waals surface area contributed by atoms with Crippen LogP contribution in [0.4, 0.5) is 0 Å². The quantitative estimate of drug-likeness (QED) is 0.232. The lowest BCUT2D eigenvalue weighted by molar-refractivity contribution is -0.144. The summed E-state index contributed by atoms with van der Waals surface area (Å²) in [6, 6.07) is 8.72. The molecule has 2 amide bonds. The van der Waals surface area contributed by atoms with E-state index in [9.17, 15) is 23.1 Å². The molecule has 0 aliphatic heterocycles. The molecule has 10 nitrogen and oxygen atoms in total. The zero-order chi connectivity index (χ0) is 29.8. The highest BCUT2D eigenvalue weighted by molar-refractivity contribution is 7.87. The Kier molecular flexibility index (Phi) is 14.6. The van der Waals surface area contributed by atoms with Crippen LogP contribution in [0.3, 0.4) is 0 Å². The monoisotopic (exact) mass is 569 g/mol. The van der Waals surface area contributed by atoms with Gasteiger partial charge in [0, 0.05) is 26.7 Å². The summed E-state index contributed by atoms with van der Waals surface area (Å²) in [4.78, 5) is 29.6. The van der Waals surface area contributed by atoms with Gasteiger partial charge in [0.25, 0.3) is 10.2 Å². The number of carbonyl (C=O) groups is 2. The van der Waals surface area contributed by atoms with Gasteiger partial charge in [0.1, 0.15) is 5.54 Å². The van der Waals surface area contributed by atoms with E-state index < -0.39 is 27.9 Å². The largest absolute Gasteiger partial charge is 0.390 e. The maximum Gasteiger partial charge on any atom is 0.279 e. The molecule has 0 radical (unpaired) electrons. The minimum absolute atomic E-state index is 0.0298. The fourth-order valence-electron chi connectivity index (χ4n) is 4.33. The predicted octanol–water partition coefficient (Wildman–Crippen LogP) is 1.86. The second-order valence-electron chi connectivity index (χ2n) is 11.2. The molecule has 0 saturated carbocycles. The molecule has 0 fully saturated rings. The molecule has 0 heterocycles. The van der Waals surface area contributed by atoms with Crippen molar-refractivity contribution in [2.75, 3.05) is 47.3 Å². The van der Waals surface area contributed by atoms with Crippen molar-refractivity contribution in [1.29, 1.82) is 0 Å². The fraction of sp³-hybridized carbons (Fsp3) is 0.714. The SMILES string of the molecule is CCCCNS(=O)(=O)N(CC(C)C)C[C@@H](O)[C@H](Cc1ccccc1)N(C)C(=O)[C@](C)(CC)NC(=O)CN(C)C. The Morgan fingerprint density at radius 1 is 1.05 bits per heavy atom. The zero-order valence-corrected chi connectivity index (χ0v) is 25.9. The van der Waals surface area contributed by atoms with Crippen LogP contribution in [0.15, 0.2) is 30.3 Å². The van der Waals surface area contributed by atoms with Gasteiger partial charge in [-0.05, 0) is 51.8 Å². The molecule has 39 heavy (non-hydrogen) atoms. The summed E-state index contributed by atoms with van der Waals surface area (Å²) < 4.78 is 30.2. The van der Waals surface area contributed by atoms with Crippen LogP contribution in [-0.2, 0) is 26.2 Å². The average Bonchev–Trinajstić information content (AvgIpc) is 2.85. The topological polar surface area (TPSA) is 122 Å². The van der Waals surface area contributed by atoms with Gasteiger partial charge in [0.05, 0.1) is 18.7 Å². The number of unbranched alkanes of at least 4 members (excludes halogenated alkanes) is 1. The lowest BCUT2D eigenvalue weighted by Crippen LogP contribution is -2.62. The van der Waals surface area contributed by atoms with Crippen LogP contribution in [0.2, 0.25) is 0 Å². The van der Waals surface area contributed by atoms with Crippen molar-refractivity contribution in [2.45, 2.75) is 78.0 Å². The summed E-state index contributed by atoms with van der Waals surface area (Å²) in [6.07, 6.45) is 1.04. The molecule has 1 aromatic carbocycles. The van der Waals surface area contributed by atoms with Crippen LogP contribution >= 0.6 is 0 Å². The van der Waals surface area contributed by atoms with E-state index in [0.29, 0.717) is 25.8 Å². The van der Waals surface area contributed by atoms with E-state index in [1.807, 2.05) is 58.0 Å². The summed E-state index contributed by atoms with van der Waals surface area (Å²) in [7, 11) is 1.31. The lowest BCUT2D eigenvalue weighted by Gasteiger charge is -2.40. The lowest BCUT2D eigenvalue weighted by atomic mass is 9.93. The van der Waals surface area contributed by atoms with E-state index in [1.165, 1.54) is 9.21 Å². The van der Waals surface area contributed by atoms with Gasteiger partial charge in [-0.1, -0.05) is 64.4 Å². The van der Waals surface area contributed by atoms with E-state index in [2.05, 4.69) is 10.0 Å². The summed E-state index contributed by atoms with van der Waals surface area (Å²) in [5.41, 5.74) is -0.294. The first kappa shape index (κ1) is 35.0. The first-order chi connectivity index (χ1) is 18.2. The van der Waals surface area contributed by atoms with Crippen molar-refractivity contribution < 1.29 is 23.1 Å². The third-order valence-corrected chi connectivity index (χ3v) is 8.26. The molecule has 1 rings (SSSR count). The number of rotatable bonds is 18. The van der Waals surface area contributed by atoms with Gasteiger partial charge in [-0.2, -0.15) is 12.7 Å². The smallest absolute Gasteiger partial charge is 0.279 e. The molecular formula is C28H51N5O5S. The predicted molar refractivity (Wildman–Crippen MR) is 156 cm³/mol. The van der Waals surface area contributed by atoms with Gasteiger partial charge in [0.15, 0.2) is 0 Å². The summed E-state index contributed by atoms with van der Waals surface area (Å²) >= 11 is 0. The Bertz CT molecular complexity index is 989. The van der Waals surface area contributed by atoms with Gasteiger partial charge in [-0.15, -0.1) is 0 Å². The number of nitrogens with zero attached hydrogens (tertiary/aromatic N) is 3.